The van der Waals surface area contributed by atoms with Crippen molar-refractivity contribution in [2.75, 3.05) is 11.9 Å². The van der Waals surface area contributed by atoms with Crippen LogP contribution in [0.5, 0.6) is 0 Å². The smallest absolute Gasteiger partial charge is 0.146 e. The third-order valence-electron chi connectivity index (χ3n) is 2.19. The van der Waals surface area contributed by atoms with Gasteiger partial charge in [-0.15, -0.1) is 0 Å². The molecule has 1 aromatic rings. The van der Waals surface area contributed by atoms with E-state index in [1.54, 1.807) is 12.1 Å². The molecule has 0 spiro atoms. The highest BCUT2D eigenvalue weighted by Gasteiger charge is 2.15. The monoisotopic (exact) mass is 179 g/mol. The van der Waals surface area contributed by atoms with E-state index in [1.165, 1.54) is 6.07 Å². The van der Waals surface area contributed by atoms with Crippen molar-refractivity contribution >= 4 is 11.5 Å². The molecule has 0 saturated heterocycles. The molecule has 0 aliphatic carbocycles. The summed E-state index contributed by atoms with van der Waals surface area (Å²) in [7, 11) is 0. The van der Waals surface area contributed by atoms with Gasteiger partial charge in [0.2, 0.25) is 0 Å². The van der Waals surface area contributed by atoms with Crippen LogP contribution in [0.25, 0.3) is 0 Å². The summed E-state index contributed by atoms with van der Waals surface area (Å²) in [5, 5.41) is 2.93. The van der Waals surface area contributed by atoms with Gasteiger partial charge in [-0.25, -0.2) is 4.39 Å². The van der Waals surface area contributed by atoms with E-state index in [0.29, 0.717) is 25.1 Å². The number of para-hydroxylation sites is 1. The van der Waals surface area contributed by atoms with Gasteiger partial charge in [0.15, 0.2) is 0 Å². The van der Waals surface area contributed by atoms with Gasteiger partial charge in [0.25, 0.3) is 0 Å². The van der Waals surface area contributed by atoms with Crippen molar-refractivity contribution in [3.05, 3.63) is 29.6 Å². The van der Waals surface area contributed by atoms with Gasteiger partial charge in [-0.2, -0.15) is 0 Å². The molecule has 0 saturated carbocycles. The van der Waals surface area contributed by atoms with Crippen LogP contribution in [0.2, 0.25) is 0 Å². The third-order valence-corrected chi connectivity index (χ3v) is 2.19. The molecule has 0 atom stereocenters. The van der Waals surface area contributed by atoms with E-state index >= 15 is 0 Å². The van der Waals surface area contributed by atoms with Crippen molar-refractivity contribution in [1.29, 1.82) is 0 Å². The Labute approximate surface area is 75.8 Å². The van der Waals surface area contributed by atoms with Crippen molar-refractivity contribution in [2.24, 2.45) is 0 Å². The highest BCUT2D eigenvalue weighted by Crippen LogP contribution is 2.22. The molecule has 2 rings (SSSR count). The number of nitrogens with one attached hydrogen (secondary N) is 1. The molecule has 0 bridgehead atoms. The summed E-state index contributed by atoms with van der Waals surface area (Å²) < 4.78 is 13.2. The minimum Gasteiger partial charge on any atom is -0.382 e. The first kappa shape index (κ1) is 8.23. The number of carbonyl (C=O) groups is 1. The van der Waals surface area contributed by atoms with Crippen molar-refractivity contribution in [3.63, 3.8) is 0 Å². The lowest BCUT2D eigenvalue weighted by atomic mass is 10.1. The van der Waals surface area contributed by atoms with Crippen LogP contribution >= 0.6 is 0 Å². The van der Waals surface area contributed by atoms with Gasteiger partial charge in [0.1, 0.15) is 11.6 Å². The Morgan fingerprint density at radius 2 is 2.23 bits per heavy atom. The molecule has 1 N–H and O–H groups in total. The molecule has 1 aromatic carbocycles. The number of Topliss-reactive ketones (excluding diaryl/α,β-unsaturated/α-hetero) is 1. The standard InChI is InChI=1S/C10H10FNO/c11-9-3-1-2-7-6-8(13)4-5-12-10(7)9/h1-3,12H,4-6H2. The molecule has 2 nitrogen and oxygen atoms in total. The summed E-state index contributed by atoms with van der Waals surface area (Å²) in [5.74, 6) is -0.107. The number of rotatable bonds is 0. The summed E-state index contributed by atoms with van der Waals surface area (Å²) in [5.41, 5.74) is 1.26. The van der Waals surface area contributed by atoms with Gasteiger partial charge in [-0.1, -0.05) is 12.1 Å². The van der Waals surface area contributed by atoms with Gasteiger partial charge in [0.05, 0.1) is 5.69 Å². The lowest BCUT2D eigenvalue weighted by molar-refractivity contribution is -0.118. The fraction of sp³-hybridized carbons (Fsp3) is 0.300. The second-order valence-corrected chi connectivity index (χ2v) is 3.17. The molecule has 0 unspecified atom stereocenters. The Morgan fingerprint density at radius 1 is 1.38 bits per heavy atom. The van der Waals surface area contributed by atoms with E-state index in [0.717, 1.165) is 5.56 Å². The Hall–Kier alpha value is -1.38. The maximum absolute atomic E-state index is 13.2. The largest absolute Gasteiger partial charge is 0.382 e. The molecule has 0 fully saturated rings. The minimum atomic E-state index is -0.271. The second-order valence-electron chi connectivity index (χ2n) is 3.17. The molecule has 0 amide bonds. The molecule has 1 aliphatic heterocycles. The molecule has 1 heterocycles. The fourth-order valence-electron chi connectivity index (χ4n) is 1.54. The molecule has 1 aliphatic rings. The highest BCUT2D eigenvalue weighted by atomic mass is 19.1. The highest BCUT2D eigenvalue weighted by molar-refractivity contribution is 5.84. The van der Waals surface area contributed by atoms with Gasteiger partial charge in [0, 0.05) is 19.4 Å². The first-order valence-corrected chi connectivity index (χ1v) is 4.30. The molecular weight excluding hydrogens is 169 g/mol. The van der Waals surface area contributed by atoms with Crippen molar-refractivity contribution in [1.82, 2.24) is 0 Å². The number of anilines is 1. The van der Waals surface area contributed by atoms with Crippen LogP contribution in [-0.2, 0) is 11.2 Å². The predicted octanol–water partition coefficient (Wildman–Crippen LogP) is 1.75. The number of carbonyl (C=O) groups excluding carboxylic acids is 1. The fourth-order valence-corrected chi connectivity index (χ4v) is 1.54. The van der Waals surface area contributed by atoms with E-state index in [-0.39, 0.29) is 11.6 Å². The maximum Gasteiger partial charge on any atom is 0.146 e. The van der Waals surface area contributed by atoms with E-state index in [4.69, 9.17) is 0 Å². The maximum atomic E-state index is 13.2. The zero-order valence-electron chi connectivity index (χ0n) is 7.14. The second kappa shape index (κ2) is 3.17. The molecule has 0 radical (unpaired) electrons. The summed E-state index contributed by atoms with van der Waals surface area (Å²) in [6.45, 7) is 0.534. The van der Waals surface area contributed by atoms with Gasteiger partial charge < -0.3 is 5.32 Å². The zero-order valence-corrected chi connectivity index (χ0v) is 7.14. The van der Waals surface area contributed by atoms with Crippen LogP contribution in [0.3, 0.4) is 0 Å². The van der Waals surface area contributed by atoms with Crippen LogP contribution in [0, 0.1) is 5.82 Å². The predicted molar refractivity (Wildman–Crippen MR) is 48.2 cm³/mol. The Kier molecular flexibility index (Phi) is 2.00. The van der Waals surface area contributed by atoms with Gasteiger partial charge >= 0.3 is 0 Å². The first-order chi connectivity index (χ1) is 6.27. The van der Waals surface area contributed by atoms with Crippen LogP contribution in [0.4, 0.5) is 10.1 Å². The van der Waals surface area contributed by atoms with E-state index in [1.807, 2.05) is 0 Å². The Bertz CT molecular complexity index is 349. The molecule has 13 heavy (non-hydrogen) atoms. The summed E-state index contributed by atoms with van der Waals surface area (Å²) in [4.78, 5) is 11.2. The minimum absolute atomic E-state index is 0.164. The summed E-state index contributed by atoms with van der Waals surface area (Å²) >= 11 is 0. The number of hydrogen-bond acceptors (Lipinski definition) is 2. The van der Waals surface area contributed by atoms with Crippen LogP contribution in [0.15, 0.2) is 18.2 Å². The summed E-state index contributed by atoms with van der Waals surface area (Å²) in [6, 6.07) is 4.82. The molecule has 3 heteroatoms. The summed E-state index contributed by atoms with van der Waals surface area (Å²) in [6.07, 6.45) is 0.828. The quantitative estimate of drug-likeness (QED) is 0.657. The zero-order chi connectivity index (χ0) is 9.26. The van der Waals surface area contributed by atoms with Crippen molar-refractivity contribution < 1.29 is 9.18 Å². The normalized spacial score (nSPS) is 15.9. The average molecular weight is 179 g/mol. The van der Waals surface area contributed by atoms with Gasteiger partial charge in [-0.05, 0) is 11.6 Å². The van der Waals surface area contributed by atoms with E-state index in [2.05, 4.69) is 5.32 Å². The number of fused-ring (bicyclic) bond motifs is 1. The number of halogens is 1. The Balaban J connectivity index is 2.45. The van der Waals surface area contributed by atoms with Crippen LogP contribution < -0.4 is 5.32 Å². The van der Waals surface area contributed by atoms with Crippen molar-refractivity contribution in [3.8, 4) is 0 Å². The average Bonchev–Trinajstić information content (AvgIpc) is 2.27. The van der Waals surface area contributed by atoms with Gasteiger partial charge in [-0.3, -0.25) is 4.79 Å². The third kappa shape index (κ3) is 1.54. The van der Waals surface area contributed by atoms with Crippen molar-refractivity contribution in [2.45, 2.75) is 12.8 Å². The lowest BCUT2D eigenvalue weighted by Crippen LogP contribution is -2.04. The SMILES string of the molecule is O=C1CCNc2c(F)cccc2C1. The lowest BCUT2D eigenvalue weighted by Gasteiger charge is -2.06. The van der Waals surface area contributed by atoms with Crippen LogP contribution in [-0.4, -0.2) is 12.3 Å². The topological polar surface area (TPSA) is 29.1 Å². The number of hydrogen-bond donors (Lipinski definition) is 1. The number of benzene rings is 1. The number of ketones is 1. The Morgan fingerprint density at radius 3 is 3.08 bits per heavy atom. The van der Waals surface area contributed by atoms with Crippen LogP contribution in [0.1, 0.15) is 12.0 Å². The first-order valence-electron chi connectivity index (χ1n) is 4.30. The van der Waals surface area contributed by atoms with E-state index in [9.17, 15) is 9.18 Å². The molecule has 0 aromatic heterocycles. The molecular formula is C10H10FNO. The van der Waals surface area contributed by atoms with E-state index < -0.39 is 0 Å². The molecule has 68 valence electrons.